The Kier molecular flexibility index (Phi) is 3.02. The summed E-state index contributed by atoms with van der Waals surface area (Å²) in [7, 11) is 0. The minimum Gasteiger partial charge on any atom is -0.488 e. The van der Waals surface area contributed by atoms with Gasteiger partial charge in [0.05, 0.1) is 6.10 Å². The third-order valence-electron chi connectivity index (χ3n) is 2.72. The van der Waals surface area contributed by atoms with Gasteiger partial charge in [-0.1, -0.05) is 0 Å². The van der Waals surface area contributed by atoms with Crippen molar-refractivity contribution in [3.05, 3.63) is 29.8 Å². The number of aliphatic hydroxyl groups is 1. The van der Waals surface area contributed by atoms with Gasteiger partial charge in [0.1, 0.15) is 18.1 Å². The molecule has 0 amide bonds. The van der Waals surface area contributed by atoms with Crippen LogP contribution in [0.5, 0.6) is 5.75 Å². The molecule has 1 aliphatic rings. The maximum absolute atomic E-state index is 10.4. The van der Waals surface area contributed by atoms with Crippen LogP contribution in [0.4, 0.5) is 0 Å². The molecule has 0 aromatic heterocycles. The summed E-state index contributed by atoms with van der Waals surface area (Å²) in [4.78, 5) is 10.4. The van der Waals surface area contributed by atoms with Crippen LogP contribution in [0.3, 0.4) is 0 Å². The van der Waals surface area contributed by atoms with E-state index in [0.29, 0.717) is 11.3 Å². The summed E-state index contributed by atoms with van der Waals surface area (Å²) in [5, 5.41) is 9.57. The lowest BCUT2D eigenvalue weighted by Crippen LogP contribution is -2.25. The Hall–Kier alpha value is -1.35. The number of aldehydes is 1. The molecule has 0 bridgehead atoms. The van der Waals surface area contributed by atoms with E-state index in [1.54, 1.807) is 24.3 Å². The molecule has 0 saturated heterocycles. The fourth-order valence-electron chi connectivity index (χ4n) is 1.84. The molecule has 1 fully saturated rings. The van der Waals surface area contributed by atoms with Gasteiger partial charge in [-0.05, 0) is 43.5 Å². The highest BCUT2D eigenvalue weighted by Gasteiger charge is 2.26. The van der Waals surface area contributed by atoms with Crippen LogP contribution < -0.4 is 4.74 Å². The molecular formula is C12H14O3. The third kappa shape index (κ3) is 2.36. The van der Waals surface area contributed by atoms with Crippen LogP contribution in [-0.2, 0) is 0 Å². The van der Waals surface area contributed by atoms with Crippen molar-refractivity contribution in [3.8, 4) is 5.75 Å². The van der Waals surface area contributed by atoms with E-state index in [0.717, 1.165) is 25.5 Å². The Balaban J connectivity index is 2.01. The molecule has 15 heavy (non-hydrogen) atoms. The molecule has 2 rings (SSSR count). The van der Waals surface area contributed by atoms with Gasteiger partial charge >= 0.3 is 0 Å². The Labute approximate surface area is 88.7 Å². The van der Waals surface area contributed by atoms with Gasteiger partial charge in [0.2, 0.25) is 0 Å². The highest BCUT2D eigenvalue weighted by atomic mass is 16.5. The van der Waals surface area contributed by atoms with Crippen LogP contribution >= 0.6 is 0 Å². The molecule has 80 valence electrons. The molecule has 0 radical (unpaired) electrons. The molecule has 0 unspecified atom stereocenters. The van der Waals surface area contributed by atoms with Crippen LogP contribution in [0.2, 0.25) is 0 Å². The zero-order valence-electron chi connectivity index (χ0n) is 8.43. The number of hydrogen-bond donors (Lipinski definition) is 1. The second kappa shape index (κ2) is 4.45. The zero-order valence-corrected chi connectivity index (χ0v) is 8.43. The summed E-state index contributed by atoms with van der Waals surface area (Å²) in [6, 6.07) is 6.94. The predicted octanol–water partition coefficient (Wildman–Crippen LogP) is 1.79. The summed E-state index contributed by atoms with van der Waals surface area (Å²) in [6.45, 7) is 0. The Morgan fingerprint density at radius 1 is 1.27 bits per heavy atom. The summed E-state index contributed by atoms with van der Waals surface area (Å²) in [6.07, 6.45) is 3.09. The van der Waals surface area contributed by atoms with Gasteiger partial charge < -0.3 is 9.84 Å². The first-order chi connectivity index (χ1) is 7.29. The molecule has 1 N–H and O–H groups in total. The van der Waals surface area contributed by atoms with Crippen LogP contribution in [0, 0.1) is 0 Å². The average molecular weight is 206 g/mol. The standard InChI is InChI=1S/C12H14O3/c13-8-9-4-6-10(7-5-9)15-12-3-1-2-11(12)14/h4-8,11-12,14H,1-3H2/t11-,12+/m1/s1. The second-order valence-corrected chi connectivity index (χ2v) is 3.84. The second-order valence-electron chi connectivity index (χ2n) is 3.84. The van der Waals surface area contributed by atoms with Gasteiger partial charge in [-0.25, -0.2) is 0 Å². The monoisotopic (exact) mass is 206 g/mol. The van der Waals surface area contributed by atoms with Gasteiger partial charge in [0, 0.05) is 5.56 Å². The average Bonchev–Trinajstić information content (AvgIpc) is 2.66. The number of hydrogen-bond acceptors (Lipinski definition) is 3. The quantitative estimate of drug-likeness (QED) is 0.767. The molecule has 2 atom stereocenters. The third-order valence-corrected chi connectivity index (χ3v) is 2.72. The van der Waals surface area contributed by atoms with Gasteiger partial charge in [-0.2, -0.15) is 0 Å². The van der Waals surface area contributed by atoms with E-state index in [1.807, 2.05) is 0 Å². The van der Waals surface area contributed by atoms with Crippen molar-refractivity contribution in [1.82, 2.24) is 0 Å². The fraction of sp³-hybridized carbons (Fsp3) is 0.417. The number of ether oxygens (including phenoxy) is 1. The molecule has 3 heteroatoms. The van der Waals surface area contributed by atoms with E-state index < -0.39 is 0 Å². The lowest BCUT2D eigenvalue weighted by Gasteiger charge is -2.16. The van der Waals surface area contributed by atoms with Crippen LogP contribution in [0.25, 0.3) is 0 Å². The van der Waals surface area contributed by atoms with E-state index in [9.17, 15) is 9.90 Å². The van der Waals surface area contributed by atoms with Crippen molar-refractivity contribution >= 4 is 6.29 Å². The highest BCUT2D eigenvalue weighted by molar-refractivity contribution is 5.74. The zero-order chi connectivity index (χ0) is 10.7. The smallest absolute Gasteiger partial charge is 0.150 e. The number of aliphatic hydroxyl groups excluding tert-OH is 1. The van der Waals surface area contributed by atoms with Gasteiger partial charge in [-0.3, -0.25) is 4.79 Å². The van der Waals surface area contributed by atoms with Crippen molar-refractivity contribution in [2.45, 2.75) is 31.5 Å². The summed E-state index contributed by atoms with van der Waals surface area (Å²) >= 11 is 0. The van der Waals surface area contributed by atoms with Crippen molar-refractivity contribution < 1.29 is 14.6 Å². The molecule has 0 aliphatic heterocycles. The normalized spacial score (nSPS) is 25.1. The minimum atomic E-state index is -0.351. The first-order valence-electron chi connectivity index (χ1n) is 5.19. The van der Waals surface area contributed by atoms with Crippen LogP contribution in [0.1, 0.15) is 29.6 Å². The first kappa shape index (κ1) is 10.2. The van der Waals surface area contributed by atoms with Crippen molar-refractivity contribution in [1.29, 1.82) is 0 Å². The topological polar surface area (TPSA) is 46.5 Å². The number of carbonyl (C=O) groups is 1. The van der Waals surface area contributed by atoms with Crippen LogP contribution in [-0.4, -0.2) is 23.6 Å². The molecule has 3 nitrogen and oxygen atoms in total. The summed E-state index contributed by atoms with van der Waals surface area (Å²) < 4.78 is 5.62. The molecule has 1 aliphatic carbocycles. The lowest BCUT2D eigenvalue weighted by atomic mass is 10.2. The molecule has 0 spiro atoms. The fourth-order valence-corrected chi connectivity index (χ4v) is 1.84. The molecule has 1 aromatic carbocycles. The largest absolute Gasteiger partial charge is 0.488 e. The SMILES string of the molecule is O=Cc1ccc(O[C@H]2CCC[C@H]2O)cc1. The van der Waals surface area contributed by atoms with E-state index in [2.05, 4.69) is 0 Å². The number of carbonyl (C=O) groups excluding carboxylic acids is 1. The first-order valence-corrected chi connectivity index (χ1v) is 5.19. The number of rotatable bonds is 3. The van der Waals surface area contributed by atoms with Crippen LogP contribution in [0.15, 0.2) is 24.3 Å². The Bertz CT molecular complexity index is 331. The molecule has 0 heterocycles. The summed E-state index contributed by atoms with van der Waals surface area (Å²) in [5.41, 5.74) is 0.634. The predicted molar refractivity (Wildman–Crippen MR) is 56.1 cm³/mol. The van der Waals surface area contributed by atoms with Crippen molar-refractivity contribution in [2.75, 3.05) is 0 Å². The molecule has 1 aromatic rings. The molecular weight excluding hydrogens is 192 g/mol. The number of benzene rings is 1. The van der Waals surface area contributed by atoms with Gasteiger partial charge in [-0.15, -0.1) is 0 Å². The summed E-state index contributed by atoms with van der Waals surface area (Å²) in [5.74, 6) is 0.714. The van der Waals surface area contributed by atoms with Gasteiger partial charge in [0.25, 0.3) is 0 Å². The van der Waals surface area contributed by atoms with E-state index in [4.69, 9.17) is 4.74 Å². The van der Waals surface area contributed by atoms with Gasteiger partial charge in [0.15, 0.2) is 0 Å². The highest BCUT2D eigenvalue weighted by Crippen LogP contribution is 2.24. The maximum atomic E-state index is 10.4. The van der Waals surface area contributed by atoms with E-state index in [-0.39, 0.29) is 12.2 Å². The Morgan fingerprint density at radius 2 is 2.00 bits per heavy atom. The lowest BCUT2D eigenvalue weighted by molar-refractivity contribution is 0.0604. The van der Waals surface area contributed by atoms with Crippen molar-refractivity contribution in [3.63, 3.8) is 0 Å². The van der Waals surface area contributed by atoms with E-state index >= 15 is 0 Å². The van der Waals surface area contributed by atoms with E-state index in [1.165, 1.54) is 0 Å². The maximum Gasteiger partial charge on any atom is 0.150 e. The Morgan fingerprint density at radius 3 is 2.53 bits per heavy atom. The molecule has 1 saturated carbocycles. The van der Waals surface area contributed by atoms with Crippen molar-refractivity contribution in [2.24, 2.45) is 0 Å². The minimum absolute atomic E-state index is 0.0907.